The third-order valence-corrected chi connectivity index (χ3v) is 4.82. The highest BCUT2D eigenvalue weighted by Crippen LogP contribution is 2.40. The number of ether oxygens (including phenoxy) is 1. The molecular formula is C21H22N4O2. The van der Waals surface area contributed by atoms with Crippen molar-refractivity contribution >= 4 is 5.91 Å². The van der Waals surface area contributed by atoms with Crippen molar-refractivity contribution in [3.63, 3.8) is 0 Å². The number of carbonyl (C=O) groups is 1. The number of nitrogens with one attached hydrogen (secondary N) is 2. The van der Waals surface area contributed by atoms with Gasteiger partial charge in [0.2, 0.25) is 0 Å². The van der Waals surface area contributed by atoms with Crippen LogP contribution in [0.2, 0.25) is 0 Å². The van der Waals surface area contributed by atoms with Crippen LogP contribution in [-0.4, -0.2) is 28.2 Å². The lowest BCUT2D eigenvalue weighted by Crippen LogP contribution is -2.30. The van der Waals surface area contributed by atoms with Gasteiger partial charge < -0.3 is 10.1 Å². The molecule has 0 saturated heterocycles. The largest absolute Gasteiger partial charge is 0.497 e. The summed E-state index contributed by atoms with van der Waals surface area (Å²) in [7, 11) is 1.63. The second-order valence-corrected chi connectivity index (χ2v) is 6.89. The number of hydrogen-bond acceptors (Lipinski definition) is 4. The molecule has 1 aliphatic rings. The molecule has 0 unspecified atom stereocenters. The molecular weight excluding hydrogens is 340 g/mol. The first-order valence-corrected chi connectivity index (χ1v) is 9.08. The number of hydrogen-bond donors (Lipinski definition) is 2. The number of amides is 1. The average Bonchev–Trinajstić information content (AvgIpc) is 3.41. The Bertz CT molecular complexity index is 945. The van der Waals surface area contributed by atoms with E-state index in [2.05, 4.69) is 20.5 Å². The van der Waals surface area contributed by atoms with Crippen molar-refractivity contribution in [2.24, 2.45) is 5.92 Å². The van der Waals surface area contributed by atoms with Crippen LogP contribution in [0.3, 0.4) is 0 Å². The van der Waals surface area contributed by atoms with Crippen molar-refractivity contribution in [1.29, 1.82) is 0 Å². The van der Waals surface area contributed by atoms with Crippen LogP contribution in [0.1, 0.15) is 40.8 Å². The molecule has 1 aromatic carbocycles. The predicted molar refractivity (Wildman–Crippen MR) is 102 cm³/mol. The summed E-state index contributed by atoms with van der Waals surface area (Å²) in [6.07, 6.45) is 2.22. The van der Waals surface area contributed by atoms with E-state index in [-0.39, 0.29) is 11.9 Å². The van der Waals surface area contributed by atoms with Gasteiger partial charge in [0, 0.05) is 11.3 Å². The summed E-state index contributed by atoms with van der Waals surface area (Å²) in [6, 6.07) is 15.2. The molecule has 2 N–H and O–H groups in total. The molecule has 4 rings (SSSR count). The van der Waals surface area contributed by atoms with E-state index in [4.69, 9.17) is 4.74 Å². The highest BCUT2D eigenvalue weighted by molar-refractivity contribution is 5.93. The summed E-state index contributed by atoms with van der Waals surface area (Å²) in [4.78, 5) is 17.4. The number of pyridine rings is 1. The summed E-state index contributed by atoms with van der Waals surface area (Å²) in [6.45, 7) is 1.96. The summed E-state index contributed by atoms with van der Waals surface area (Å²) in [5.41, 5.74) is 3.96. The number of aryl methyl sites for hydroxylation is 1. The molecule has 6 nitrogen and oxygen atoms in total. The number of aromatic amines is 1. The van der Waals surface area contributed by atoms with Gasteiger partial charge in [-0.25, -0.2) is 0 Å². The average molecular weight is 362 g/mol. The Balaban J connectivity index is 1.51. The van der Waals surface area contributed by atoms with Gasteiger partial charge in [0.05, 0.1) is 24.5 Å². The van der Waals surface area contributed by atoms with E-state index in [9.17, 15) is 4.79 Å². The first kappa shape index (κ1) is 17.3. The Labute approximate surface area is 158 Å². The first-order valence-electron chi connectivity index (χ1n) is 9.08. The predicted octanol–water partition coefficient (Wildman–Crippen LogP) is 3.67. The zero-order chi connectivity index (χ0) is 18.8. The van der Waals surface area contributed by atoms with Crippen LogP contribution >= 0.6 is 0 Å². The fourth-order valence-corrected chi connectivity index (χ4v) is 3.17. The molecule has 1 fully saturated rings. The zero-order valence-electron chi connectivity index (χ0n) is 15.4. The zero-order valence-corrected chi connectivity index (χ0v) is 15.4. The Morgan fingerprint density at radius 2 is 2.00 bits per heavy atom. The monoisotopic (exact) mass is 362 g/mol. The number of aromatic nitrogens is 3. The van der Waals surface area contributed by atoms with Crippen LogP contribution in [0.15, 0.2) is 48.5 Å². The normalized spacial score (nSPS) is 14.6. The molecule has 1 aliphatic carbocycles. The quantitative estimate of drug-likeness (QED) is 0.701. The number of nitrogens with zero attached hydrogens (tertiary/aromatic N) is 2. The van der Waals surface area contributed by atoms with E-state index in [1.165, 1.54) is 0 Å². The van der Waals surface area contributed by atoms with Crippen molar-refractivity contribution in [3.05, 3.63) is 65.6 Å². The highest BCUT2D eigenvalue weighted by atomic mass is 16.5. The fraction of sp³-hybridized carbons (Fsp3) is 0.286. The molecule has 0 radical (unpaired) electrons. The summed E-state index contributed by atoms with van der Waals surface area (Å²) < 4.78 is 5.17. The second-order valence-electron chi connectivity index (χ2n) is 6.89. The van der Waals surface area contributed by atoms with Crippen LogP contribution < -0.4 is 10.1 Å². The molecule has 6 heteroatoms. The molecule has 1 atom stereocenters. The first-order chi connectivity index (χ1) is 13.1. The van der Waals surface area contributed by atoms with Crippen LogP contribution in [0.5, 0.6) is 5.75 Å². The minimum atomic E-state index is -0.164. The fourth-order valence-electron chi connectivity index (χ4n) is 3.17. The smallest absolute Gasteiger partial charge is 0.269 e. The van der Waals surface area contributed by atoms with E-state index in [0.29, 0.717) is 11.6 Å². The lowest BCUT2D eigenvalue weighted by Gasteiger charge is -2.17. The maximum atomic E-state index is 12.8. The topological polar surface area (TPSA) is 79.9 Å². The number of methoxy groups -OCH3 is 1. The van der Waals surface area contributed by atoms with Crippen molar-refractivity contribution in [3.8, 4) is 17.0 Å². The lowest BCUT2D eigenvalue weighted by atomic mass is 10.1. The molecule has 138 valence electrons. The van der Waals surface area contributed by atoms with E-state index in [0.717, 1.165) is 41.2 Å². The van der Waals surface area contributed by atoms with Gasteiger partial charge in [-0.3, -0.25) is 14.9 Å². The molecule has 27 heavy (non-hydrogen) atoms. The van der Waals surface area contributed by atoms with Gasteiger partial charge in [-0.15, -0.1) is 0 Å². The summed E-state index contributed by atoms with van der Waals surface area (Å²) >= 11 is 0. The number of benzene rings is 1. The maximum absolute atomic E-state index is 12.8. The number of H-pyrrole nitrogens is 1. The van der Waals surface area contributed by atoms with Crippen LogP contribution in [0.25, 0.3) is 11.3 Å². The molecule has 1 saturated carbocycles. The van der Waals surface area contributed by atoms with E-state index < -0.39 is 0 Å². The summed E-state index contributed by atoms with van der Waals surface area (Å²) in [5.74, 6) is 1.07. The maximum Gasteiger partial charge on any atom is 0.269 e. The third-order valence-electron chi connectivity index (χ3n) is 4.82. The SMILES string of the molecule is COc1ccc(-c2cc(C(=O)N[C@@H](c3cccc(C)n3)C3CC3)[nH]n2)cc1. The van der Waals surface area contributed by atoms with Gasteiger partial charge in [0.15, 0.2) is 0 Å². The molecule has 0 bridgehead atoms. The van der Waals surface area contributed by atoms with Crippen molar-refractivity contribution in [2.75, 3.05) is 7.11 Å². The Morgan fingerprint density at radius 1 is 1.22 bits per heavy atom. The van der Waals surface area contributed by atoms with Crippen molar-refractivity contribution in [2.45, 2.75) is 25.8 Å². The van der Waals surface area contributed by atoms with Crippen LogP contribution in [0.4, 0.5) is 0 Å². The van der Waals surface area contributed by atoms with Crippen molar-refractivity contribution in [1.82, 2.24) is 20.5 Å². The van der Waals surface area contributed by atoms with Gasteiger partial charge >= 0.3 is 0 Å². The molecule has 3 aromatic rings. The Morgan fingerprint density at radius 3 is 2.67 bits per heavy atom. The number of rotatable bonds is 6. The van der Waals surface area contributed by atoms with Crippen LogP contribution in [0, 0.1) is 12.8 Å². The minimum absolute atomic E-state index is 0.0647. The molecule has 0 spiro atoms. The third kappa shape index (κ3) is 3.84. The van der Waals surface area contributed by atoms with Crippen molar-refractivity contribution < 1.29 is 9.53 Å². The van der Waals surface area contributed by atoms with Gasteiger partial charge in [-0.1, -0.05) is 6.07 Å². The van der Waals surface area contributed by atoms with Gasteiger partial charge in [-0.05, 0) is 68.1 Å². The van der Waals surface area contributed by atoms with Crippen LogP contribution in [-0.2, 0) is 0 Å². The highest BCUT2D eigenvalue weighted by Gasteiger charge is 2.34. The van der Waals surface area contributed by atoms with Gasteiger partial charge in [0.25, 0.3) is 5.91 Å². The minimum Gasteiger partial charge on any atom is -0.497 e. The standard InChI is InChI=1S/C21H22N4O2/c1-13-4-3-5-17(22-13)20(15-6-7-15)23-21(26)19-12-18(24-25-19)14-8-10-16(27-2)11-9-14/h3-5,8-12,15,20H,6-7H2,1-2H3,(H,23,26)(H,24,25)/t20-/m1/s1. The molecule has 2 heterocycles. The lowest BCUT2D eigenvalue weighted by molar-refractivity contribution is 0.0925. The molecule has 1 amide bonds. The summed E-state index contributed by atoms with van der Waals surface area (Å²) in [5, 5.41) is 10.3. The van der Waals surface area contributed by atoms with E-state index >= 15 is 0 Å². The van der Waals surface area contributed by atoms with E-state index in [1.54, 1.807) is 13.2 Å². The molecule has 0 aliphatic heterocycles. The number of carbonyl (C=O) groups excluding carboxylic acids is 1. The van der Waals surface area contributed by atoms with Gasteiger partial charge in [-0.2, -0.15) is 5.10 Å². The van der Waals surface area contributed by atoms with E-state index in [1.807, 2.05) is 49.4 Å². The van der Waals surface area contributed by atoms with Gasteiger partial charge in [0.1, 0.15) is 11.4 Å². The Hall–Kier alpha value is -3.15. The molecule has 2 aromatic heterocycles. The second kappa shape index (κ2) is 7.23. The Kier molecular flexibility index (Phi) is 4.62.